The van der Waals surface area contributed by atoms with Gasteiger partial charge >= 0.3 is 0 Å². The van der Waals surface area contributed by atoms with Gasteiger partial charge in [-0.15, -0.1) is 0 Å². The largest absolute Gasteiger partial charge is 0.358 e. The molecule has 6 heteroatoms. The molecule has 0 aliphatic heterocycles. The SMILES string of the molecule is C[C@H]1[C@@H](NC(=S)NNC(=O)Cc2cccc(F)c2)CCC[C@@H]1C. The Hall–Kier alpha value is -1.69. The van der Waals surface area contributed by atoms with Crippen LogP contribution in [-0.2, 0) is 11.2 Å². The molecular formula is C17H24FN3OS. The second-order valence-corrected chi connectivity index (χ2v) is 6.74. The quantitative estimate of drug-likeness (QED) is 0.586. The van der Waals surface area contributed by atoms with Crippen molar-refractivity contribution in [3.05, 3.63) is 35.6 Å². The van der Waals surface area contributed by atoms with Crippen LogP contribution in [0, 0.1) is 17.7 Å². The Morgan fingerprint density at radius 2 is 2.09 bits per heavy atom. The molecular weight excluding hydrogens is 313 g/mol. The number of carbonyl (C=O) groups excluding carboxylic acids is 1. The third kappa shape index (κ3) is 5.46. The highest BCUT2D eigenvalue weighted by Crippen LogP contribution is 2.29. The van der Waals surface area contributed by atoms with Crippen molar-refractivity contribution in [3.8, 4) is 0 Å². The van der Waals surface area contributed by atoms with E-state index in [4.69, 9.17) is 12.2 Å². The predicted octanol–water partition coefficient (Wildman–Crippen LogP) is 2.69. The first kappa shape index (κ1) is 17.7. The van der Waals surface area contributed by atoms with Gasteiger partial charge in [-0.1, -0.05) is 38.8 Å². The van der Waals surface area contributed by atoms with Crippen LogP contribution in [-0.4, -0.2) is 17.1 Å². The molecule has 0 spiro atoms. The zero-order valence-corrected chi connectivity index (χ0v) is 14.4. The van der Waals surface area contributed by atoms with Crippen molar-refractivity contribution in [2.45, 2.75) is 45.6 Å². The summed E-state index contributed by atoms with van der Waals surface area (Å²) in [7, 11) is 0. The number of rotatable bonds is 3. The van der Waals surface area contributed by atoms with Crippen LogP contribution in [0.4, 0.5) is 4.39 Å². The van der Waals surface area contributed by atoms with Crippen molar-refractivity contribution in [2.75, 3.05) is 0 Å². The molecule has 1 aromatic carbocycles. The molecule has 1 aliphatic carbocycles. The highest BCUT2D eigenvalue weighted by Gasteiger charge is 2.27. The summed E-state index contributed by atoms with van der Waals surface area (Å²) in [6, 6.07) is 6.33. The maximum atomic E-state index is 13.1. The monoisotopic (exact) mass is 337 g/mol. The smallest absolute Gasteiger partial charge is 0.242 e. The van der Waals surface area contributed by atoms with Crippen molar-refractivity contribution >= 4 is 23.2 Å². The fourth-order valence-corrected chi connectivity index (χ4v) is 3.20. The topological polar surface area (TPSA) is 53.2 Å². The molecule has 1 amide bonds. The van der Waals surface area contributed by atoms with Crippen molar-refractivity contribution in [3.63, 3.8) is 0 Å². The second-order valence-electron chi connectivity index (χ2n) is 6.33. The van der Waals surface area contributed by atoms with Crippen molar-refractivity contribution in [1.82, 2.24) is 16.2 Å². The number of amides is 1. The van der Waals surface area contributed by atoms with Crippen LogP contribution in [0.15, 0.2) is 24.3 Å². The Kier molecular flexibility index (Phi) is 6.33. The molecule has 0 radical (unpaired) electrons. The van der Waals surface area contributed by atoms with E-state index in [-0.39, 0.29) is 18.1 Å². The summed E-state index contributed by atoms with van der Waals surface area (Å²) < 4.78 is 13.1. The molecule has 1 aliphatic rings. The number of benzene rings is 1. The number of carbonyl (C=O) groups is 1. The van der Waals surface area contributed by atoms with Gasteiger partial charge in [0.05, 0.1) is 6.42 Å². The van der Waals surface area contributed by atoms with Crippen LogP contribution in [0.25, 0.3) is 0 Å². The summed E-state index contributed by atoms with van der Waals surface area (Å²) in [5.41, 5.74) is 5.90. The van der Waals surface area contributed by atoms with Crippen LogP contribution < -0.4 is 16.2 Å². The summed E-state index contributed by atoms with van der Waals surface area (Å²) >= 11 is 5.23. The standard InChI is InChI=1S/C17H24FN3OS/c1-11-5-3-8-15(12(11)2)19-17(23)21-20-16(22)10-13-6-4-7-14(18)9-13/h4,6-7,9,11-12,15H,3,5,8,10H2,1-2H3,(H,20,22)(H2,19,21,23)/t11-,12+,15-/m0/s1. The number of halogens is 1. The molecule has 0 unspecified atom stereocenters. The number of hydrogen-bond acceptors (Lipinski definition) is 2. The average molecular weight is 337 g/mol. The minimum absolute atomic E-state index is 0.101. The van der Waals surface area contributed by atoms with Crippen molar-refractivity contribution in [2.24, 2.45) is 11.8 Å². The fourth-order valence-electron chi connectivity index (χ4n) is 2.99. The second kappa shape index (κ2) is 8.24. The Labute approximate surface area is 142 Å². The Balaban J connectivity index is 1.74. The lowest BCUT2D eigenvalue weighted by Crippen LogP contribution is -2.52. The van der Waals surface area contributed by atoms with Gasteiger partial charge in [-0.2, -0.15) is 0 Å². The minimum Gasteiger partial charge on any atom is -0.358 e. The number of thiocarbonyl (C=S) groups is 1. The highest BCUT2D eigenvalue weighted by atomic mass is 32.1. The summed E-state index contributed by atoms with van der Waals surface area (Å²) in [4.78, 5) is 11.9. The molecule has 0 saturated heterocycles. The van der Waals surface area contributed by atoms with Gasteiger partial charge in [-0.3, -0.25) is 15.6 Å². The predicted molar refractivity (Wildman–Crippen MR) is 93.1 cm³/mol. The van der Waals surface area contributed by atoms with Crippen LogP contribution in [0.5, 0.6) is 0 Å². The van der Waals surface area contributed by atoms with E-state index in [0.29, 0.717) is 28.6 Å². The van der Waals surface area contributed by atoms with Gasteiger partial charge in [-0.05, 0) is 48.2 Å². The van der Waals surface area contributed by atoms with Crippen LogP contribution in [0.1, 0.15) is 38.7 Å². The van der Waals surface area contributed by atoms with E-state index < -0.39 is 0 Å². The first-order chi connectivity index (χ1) is 11.0. The Bertz CT molecular complexity index is 567. The molecule has 3 atom stereocenters. The van der Waals surface area contributed by atoms with E-state index >= 15 is 0 Å². The van der Waals surface area contributed by atoms with E-state index in [9.17, 15) is 9.18 Å². The van der Waals surface area contributed by atoms with Crippen molar-refractivity contribution < 1.29 is 9.18 Å². The summed E-state index contributed by atoms with van der Waals surface area (Å²) in [5.74, 6) is 0.615. The zero-order chi connectivity index (χ0) is 16.8. The first-order valence-corrected chi connectivity index (χ1v) is 8.46. The fraction of sp³-hybridized carbons (Fsp3) is 0.529. The molecule has 0 bridgehead atoms. The van der Waals surface area contributed by atoms with Crippen LogP contribution >= 0.6 is 12.2 Å². The molecule has 3 N–H and O–H groups in total. The van der Waals surface area contributed by atoms with E-state index in [1.165, 1.54) is 25.0 Å². The Morgan fingerprint density at radius 3 is 2.83 bits per heavy atom. The van der Waals surface area contributed by atoms with Crippen LogP contribution in [0.3, 0.4) is 0 Å². The van der Waals surface area contributed by atoms with Gasteiger partial charge in [0.1, 0.15) is 5.82 Å². The maximum Gasteiger partial charge on any atom is 0.242 e. The van der Waals surface area contributed by atoms with Gasteiger partial charge in [0.15, 0.2) is 5.11 Å². The molecule has 1 fully saturated rings. The average Bonchev–Trinajstić information content (AvgIpc) is 2.50. The molecule has 23 heavy (non-hydrogen) atoms. The summed E-state index contributed by atoms with van der Waals surface area (Å²) in [6.07, 6.45) is 3.64. The number of hydrazine groups is 1. The molecule has 1 saturated carbocycles. The van der Waals surface area contributed by atoms with E-state index in [1.54, 1.807) is 12.1 Å². The van der Waals surface area contributed by atoms with E-state index in [0.717, 1.165) is 6.42 Å². The molecule has 126 valence electrons. The third-order valence-electron chi connectivity index (χ3n) is 4.59. The lowest BCUT2D eigenvalue weighted by molar-refractivity contribution is -0.121. The lowest BCUT2D eigenvalue weighted by atomic mass is 9.78. The van der Waals surface area contributed by atoms with E-state index in [1.807, 2.05) is 0 Å². The Morgan fingerprint density at radius 1 is 1.30 bits per heavy atom. The summed E-state index contributed by atoms with van der Waals surface area (Å²) in [5, 5.41) is 3.69. The van der Waals surface area contributed by atoms with Crippen LogP contribution in [0.2, 0.25) is 0 Å². The van der Waals surface area contributed by atoms with Gasteiger partial charge in [0.2, 0.25) is 5.91 Å². The van der Waals surface area contributed by atoms with Gasteiger partial charge in [0, 0.05) is 6.04 Å². The molecule has 2 rings (SSSR count). The summed E-state index contributed by atoms with van der Waals surface area (Å²) in [6.45, 7) is 4.49. The van der Waals surface area contributed by atoms with Gasteiger partial charge in [0.25, 0.3) is 0 Å². The lowest BCUT2D eigenvalue weighted by Gasteiger charge is -2.35. The van der Waals surface area contributed by atoms with E-state index in [2.05, 4.69) is 30.0 Å². The maximum absolute atomic E-state index is 13.1. The normalized spacial score (nSPS) is 23.9. The first-order valence-electron chi connectivity index (χ1n) is 8.05. The molecule has 0 aromatic heterocycles. The third-order valence-corrected chi connectivity index (χ3v) is 4.81. The number of hydrogen-bond donors (Lipinski definition) is 3. The highest BCUT2D eigenvalue weighted by molar-refractivity contribution is 7.80. The van der Waals surface area contributed by atoms with Gasteiger partial charge in [-0.25, -0.2) is 4.39 Å². The van der Waals surface area contributed by atoms with Gasteiger partial charge < -0.3 is 5.32 Å². The van der Waals surface area contributed by atoms with Crippen molar-refractivity contribution in [1.29, 1.82) is 0 Å². The number of nitrogens with one attached hydrogen (secondary N) is 3. The molecule has 1 aromatic rings. The molecule has 4 nitrogen and oxygen atoms in total. The molecule has 0 heterocycles. The zero-order valence-electron chi connectivity index (χ0n) is 13.6. The minimum atomic E-state index is -0.346.